The van der Waals surface area contributed by atoms with Crippen molar-refractivity contribution in [1.29, 1.82) is 0 Å². The van der Waals surface area contributed by atoms with Crippen molar-refractivity contribution in [2.75, 3.05) is 6.54 Å². The average Bonchev–Trinajstić information content (AvgIpc) is 3.01. The normalized spacial score (nSPS) is 22.0. The van der Waals surface area contributed by atoms with Crippen molar-refractivity contribution in [3.63, 3.8) is 0 Å². The van der Waals surface area contributed by atoms with Gasteiger partial charge in [0.2, 0.25) is 11.8 Å². The highest BCUT2D eigenvalue weighted by molar-refractivity contribution is 5.91. The molecule has 0 aromatic heterocycles. The summed E-state index contributed by atoms with van der Waals surface area (Å²) in [5, 5.41) is 22.8. The van der Waals surface area contributed by atoms with Crippen LogP contribution in [0.3, 0.4) is 0 Å². The molecule has 0 spiro atoms. The molecule has 0 saturated carbocycles. The Labute approximate surface area is 159 Å². The number of amides is 2. The smallest absolute Gasteiger partial charge is 0.243 e. The van der Waals surface area contributed by atoms with E-state index in [1.165, 1.54) is 18.7 Å². The predicted octanol–water partition coefficient (Wildman–Crippen LogP) is -0.0949. The summed E-state index contributed by atoms with van der Waals surface area (Å²) in [7, 11) is 0. The molecule has 2 amide bonds. The Morgan fingerprint density at radius 1 is 1.37 bits per heavy atom. The molecule has 2 rings (SSSR count). The van der Waals surface area contributed by atoms with Gasteiger partial charge < -0.3 is 26.2 Å². The minimum Gasteiger partial charge on any atom is -0.391 e. The fourth-order valence-corrected chi connectivity index (χ4v) is 3.05. The van der Waals surface area contributed by atoms with Crippen molar-refractivity contribution in [3.05, 3.63) is 35.4 Å². The Kier molecular flexibility index (Phi) is 6.26. The summed E-state index contributed by atoms with van der Waals surface area (Å²) in [6.45, 7) is 4.69. The Bertz CT molecular complexity index is 733. The first-order valence-electron chi connectivity index (χ1n) is 8.88. The van der Waals surface area contributed by atoms with Crippen molar-refractivity contribution >= 4 is 11.8 Å². The van der Waals surface area contributed by atoms with Crippen molar-refractivity contribution in [2.24, 2.45) is 5.73 Å². The van der Waals surface area contributed by atoms with Gasteiger partial charge in [0, 0.05) is 18.5 Å². The summed E-state index contributed by atoms with van der Waals surface area (Å²) in [6.07, 6.45) is 4.65. The maximum absolute atomic E-state index is 12.7. The summed E-state index contributed by atoms with van der Waals surface area (Å²) in [5.74, 6) is 1.59. The lowest BCUT2D eigenvalue weighted by molar-refractivity contribution is -0.143. The molecule has 1 aliphatic heterocycles. The number of nitrogens with zero attached hydrogens (tertiary/aromatic N) is 1. The van der Waals surface area contributed by atoms with Gasteiger partial charge in [0.25, 0.3) is 0 Å². The number of nitrogens with one attached hydrogen (secondary N) is 1. The van der Waals surface area contributed by atoms with Crippen LogP contribution in [0.25, 0.3) is 0 Å². The molecule has 4 atom stereocenters. The molecule has 0 aliphatic carbocycles. The molecule has 1 heterocycles. The molecule has 27 heavy (non-hydrogen) atoms. The van der Waals surface area contributed by atoms with Crippen molar-refractivity contribution < 1.29 is 19.8 Å². The van der Waals surface area contributed by atoms with E-state index in [2.05, 4.69) is 11.2 Å². The largest absolute Gasteiger partial charge is 0.391 e. The first-order chi connectivity index (χ1) is 12.5. The Morgan fingerprint density at radius 3 is 2.48 bits per heavy atom. The van der Waals surface area contributed by atoms with Crippen LogP contribution in [0.15, 0.2) is 24.3 Å². The first kappa shape index (κ1) is 20.9. The molecule has 1 fully saturated rings. The second kappa shape index (κ2) is 8.09. The maximum Gasteiger partial charge on any atom is 0.243 e. The third-order valence-corrected chi connectivity index (χ3v) is 4.83. The van der Waals surface area contributed by atoms with Gasteiger partial charge in [-0.25, -0.2) is 0 Å². The number of carbonyl (C=O) groups is 2. The highest BCUT2D eigenvalue weighted by atomic mass is 16.3. The van der Waals surface area contributed by atoms with Gasteiger partial charge in [0.05, 0.1) is 17.7 Å². The van der Waals surface area contributed by atoms with Crippen LogP contribution in [-0.4, -0.2) is 57.3 Å². The minimum atomic E-state index is -1.43. The van der Waals surface area contributed by atoms with E-state index >= 15 is 0 Å². The first-order valence-corrected chi connectivity index (χ1v) is 8.88. The highest BCUT2D eigenvalue weighted by Gasteiger charge is 2.43. The Hall–Kier alpha value is -2.40. The number of benzene rings is 1. The van der Waals surface area contributed by atoms with Gasteiger partial charge in [-0.05, 0) is 38.5 Å². The van der Waals surface area contributed by atoms with E-state index < -0.39 is 29.7 Å². The van der Waals surface area contributed by atoms with Crippen molar-refractivity contribution in [3.8, 4) is 12.3 Å². The molecular formula is C20H27N3O4. The van der Waals surface area contributed by atoms with Crippen LogP contribution >= 0.6 is 0 Å². The van der Waals surface area contributed by atoms with E-state index in [0.29, 0.717) is 0 Å². The lowest BCUT2D eigenvalue weighted by atomic mass is 9.98. The lowest BCUT2D eigenvalue weighted by Gasteiger charge is -2.32. The summed E-state index contributed by atoms with van der Waals surface area (Å²) in [5.41, 5.74) is 6.01. The van der Waals surface area contributed by atoms with Gasteiger partial charge in [-0.2, -0.15) is 0 Å². The molecule has 0 radical (unpaired) electrons. The zero-order valence-corrected chi connectivity index (χ0v) is 15.8. The summed E-state index contributed by atoms with van der Waals surface area (Å²) >= 11 is 0. The molecule has 146 valence electrons. The number of β-amino-alcohol motifs (C(OH)–C–C–N with tert-alkyl or cyclic N) is 1. The van der Waals surface area contributed by atoms with Crippen LogP contribution in [0.4, 0.5) is 0 Å². The molecule has 1 saturated heterocycles. The summed E-state index contributed by atoms with van der Waals surface area (Å²) in [6, 6.07) is 4.90. The second-order valence-corrected chi connectivity index (χ2v) is 7.52. The number of aliphatic hydroxyl groups excluding tert-OH is 1. The number of terminal acetylenes is 1. The van der Waals surface area contributed by atoms with Gasteiger partial charge in [0.15, 0.2) is 0 Å². The SMILES string of the molecule is C#Cc1ccc([C@H](C)NC(=O)[C@@H]2C[C@@H](O)CN2C(=O)[C@@H](N)C(C)(C)O)cc1. The lowest BCUT2D eigenvalue weighted by Crippen LogP contribution is -2.58. The summed E-state index contributed by atoms with van der Waals surface area (Å²) < 4.78 is 0. The number of rotatable bonds is 5. The minimum absolute atomic E-state index is 0.00590. The van der Waals surface area contributed by atoms with E-state index in [1.807, 2.05) is 19.1 Å². The zero-order valence-electron chi connectivity index (χ0n) is 15.8. The van der Waals surface area contributed by atoms with Gasteiger partial charge in [-0.15, -0.1) is 6.42 Å². The molecule has 1 aliphatic rings. The monoisotopic (exact) mass is 373 g/mol. The number of carbonyl (C=O) groups excluding carboxylic acids is 2. The van der Waals surface area contributed by atoms with Gasteiger partial charge in [-0.3, -0.25) is 9.59 Å². The van der Waals surface area contributed by atoms with Crippen LogP contribution < -0.4 is 11.1 Å². The average molecular weight is 373 g/mol. The molecule has 7 heteroatoms. The van der Waals surface area contributed by atoms with Crippen LogP contribution in [0.1, 0.15) is 44.4 Å². The number of hydrogen-bond donors (Lipinski definition) is 4. The topological polar surface area (TPSA) is 116 Å². The van der Waals surface area contributed by atoms with Crippen LogP contribution in [0.5, 0.6) is 0 Å². The second-order valence-electron chi connectivity index (χ2n) is 7.52. The van der Waals surface area contributed by atoms with E-state index in [-0.39, 0.29) is 24.9 Å². The highest BCUT2D eigenvalue weighted by Crippen LogP contribution is 2.22. The number of aliphatic hydroxyl groups is 2. The van der Waals surface area contributed by atoms with Crippen LogP contribution in [0.2, 0.25) is 0 Å². The van der Waals surface area contributed by atoms with Crippen LogP contribution in [0, 0.1) is 12.3 Å². The van der Waals surface area contributed by atoms with Gasteiger partial charge >= 0.3 is 0 Å². The quantitative estimate of drug-likeness (QED) is 0.538. The van der Waals surface area contributed by atoms with E-state index in [0.717, 1.165) is 11.1 Å². The predicted molar refractivity (Wildman–Crippen MR) is 101 cm³/mol. The number of nitrogens with two attached hydrogens (primary N) is 1. The molecular weight excluding hydrogens is 346 g/mol. The number of likely N-dealkylation sites (tertiary alicyclic amines) is 1. The summed E-state index contributed by atoms with van der Waals surface area (Å²) in [4.78, 5) is 26.6. The van der Waals surface area contributed by atoms with E-state index in [4.69, 9.17) is 12.2 Å². The van der Waals surface area contributed by atoms with E-state index in [9.17, 15) is 19.8 Å². The maximum atomic E-state index is 12.7. The molecule has 0 unspecified atom stereocenters. The molecule has 5 N–H and O–H groups in total. The van der Waals surface area contributed by atoms with E-state index in [1.54, 1.807) is 12.1 Å². The third-order valence-electron chi connectivity index (χ3n) is 4.83. The van der Waals surface area contributed by atoms with Crippen molar-refractivity contribution in [2.45, 2.75) is 57.0 Å². The Morgan fingerprint density at radius 2 is 1.96 bits per heavy atom. The number of hydrogen-bond acceptors (Lipinski definition) is 5. The van der Waals surface area contributed by atoms with Gasteiger partial charge in [-0.1, -0.05) is 18.1 Å². The third kappa shape index (κ3) is 4.86. The molecule has 1 aromatic rings. The van der Waals surface area contributed by atoms with Gasteiger partial charge in [0.1, 0.15) is 12.1 Å². The molecule has 0 bridgehead atoms. The standard InChI is InChI=1S/C20H27N3O4/c1-5-13-6-8-14(9-7-13)12(2)22-18(25)16-10-15(24)11-23(16)19(26)17(21)20(3,4)27/h1,6-9,12,15-17,24,27H,10-11,21H2,2-4H3,(H,22,25)/t12-,15+,16-,17+/m0/s1. The Balaban J connectivity index is 2.10. The fourth-order valence-electron chi connectivity index (χ4n) is 3.05. The van der Waals surface area contributed by atoms with Crippen molar-refractivity contribution in [1.82, 2.24) is 10.2 Å². The molecule has 7 nitrogen and oxygen atoms in total. The van der Waals surface area contributed by atoms with Crippen LogP contribution in [-0.2, 0) is 9.59 Å². The fraction of sp³-hybridized carbons (Fsp3) is 0.500. The molecule has 1 aromatic carbocycles. The zero-order chi connectivity index (χ0) is 20.4.